The van der Waals surface area contributed by atoms with E-state index in [9.17, 15) is 9.60 Å². The van der Waals surface area contributed by atoms with Crippen LogP contribution in [0.2, 0.25) is 0 Å². The summed E-state index contributed by atoms with van der Waals surface area (Å²) < 4.78 is 14.9. The topological polar surface area (TPSA) is 103 Å². The number of oxime groups is 1. The molecule has 0 fully saturated rings. The van der Waals surface area contributed by atoms with Gasteiger partial charge in [-0.3, -0.25) is 9.50 Å². The number of rotatable bonds is 4. The van der Waals surface area contributed by atoms with Gasteiger partial charge in [-0.2, -0.15) is 10.1 Å². The van der Waals surface area contributed by atoms with Gasteiger partial charge < -0.3 is 10.5 Å². The third kappa shape index (κ3) is 2.86. The Morgan fingerprint density at radius 3 is 2.73 bits per heavy atom. The fraction of sp³-hybridized carbons (Fsp3) is 0.0588. The van der Waals surface area contributed by atoms with Crippen LogP contribution < -0.4 is 5.32 Å². The van der Waals surface area contributed by atoms with Gasteiger partial charge >= 0.3 is 0 Å². The number of H-pyrrole nitrogens is 1. The summed E-state index contributed by atoms with van der Waals surface area (Å²) >= 11 is 0. The van der Waals surface area contributed by atoms with E-state index in [1.807, 2.05) is 19.1 Å². The molecule has 0 unspecified atom stereocenters. The van der Waals surface area contributed by atoms with Crippen LogP contribution in [0, 0.1) is 12.7 Å². The molecule has 4 rings (SSSR count). The molecule has 3 N–H and O–H groups in total. The van der Waals surface area contributed by atoms with E-state index in [0.29, 0.717) is 23.0 Å². The first-order valence-corrected chi connectivity index (χ1v) is 7.76. The first kappa shape index (κ1) is 15.8. The smallest absolute Gasteiger partial charge is 0.216 e. The van der Waals surface area contributed by atoms with E-state index in [1.54, 1.807) is 16.7 Å². The minimum atomic E-state index is -0.384. The lowest BCUT2D eigenvalue weighted by Crippen LogP contribution is -2.13. The van der Waals surface area contributed by atoms with Crippen LogP contribution in [0.1, 0.15) is 17.1 Å². The number of hydrogen-bond donors (Lipinski definition) is 3. The molecule has 4 aromatic rings. The van der Waals surface area contributed by atoms with Crippen molar-refractivity contribution in [2.45, 2.75) is 6.92 Å². The first-order valence-electron chi connectivity index (χ1n) is 7.76. The average Bonchev–Trinajstić information content (AvgIpc) is 3.26. The highest BCUT2D eigenvalue weighted by Crippen LogP contribution is 2.17. The molecule has 0 atom stereocenters. The maximum atomic E-state index is 13.2. The van der Waals surface area contributed by atoms with Crippen molar-refractivity contribution >= 4 is 23.1 Å². The molecule has 0 aliphatic heterocycles. The standard InChI is InChI=1S/C17H14FN7O/c1-10-9-13(23-22-10)19-17-21-16(20-14-3-2-8-25(14)17)15(24-26)11-4-6-12(18)7-5-11/h2-9,26H,1H3,(H2,19,20,21,22,23). The Balaban J connectivity index is 1.81. The molecule has 0 amide bonds. The summed E-state index contributed by atoms with van der Waals surface area (Å²) in [5, 5.41) is 22.9. The van der Waals surface area contributed by atoms with Crippen LogP contribution in [-0.4, -0.2) is 35.5 Å². The summed E-state index contributed by atoms with van der Waals surface area (Å²) in [6.45, 7) is 1.89. The SMILES string of the molecule is Cc1cc(Nc2nc(C(=NO)c3ccc(F)cc3)nc3cccn23)n[nH]1. The van der Waals surface area contributed by atoms with E-state index in [0.717, 1.165) is 5.69 Å². The molecule has 0 aliphatic rings. The number of aromatic amines is 1. The van der Waals surface area contributed by atoms with Crippen LogP contribution in [0.3, 0.4) is 0 Å². The van der Waals surface area contributed by atoms with Gasteiger partial charge in [-0.05, 0) is 43.3 Å². The predicted molar refractivity (Wildman–Crippen MR) is 93.4 cm³/mol. The Hall–Kier alpha value is -3.75. The number of nitrogens with zero attached hydrogens (tertiary/aromatic N) is 5. The zero-order chi connectivity index (χ0) is 18.1. The fourth-order valence-corrected chi connectivity index (χ4v) is 2.56. The van der Waals surface area contributed by atoms with Crippen molar-refractivity contribution in [3.63, 3.8) is 0 Å². The minimum Gasteiger partial charge on any atom is -0.410 e. The lowest BCUT2D eigenvalue weighted by Gasteiger charge is -2.09. The zero-order valence-electron chi connectivity index (χ0n) is 13.7. The van der Waals surface area contributed by atoms with Gasteiger partial charge in [-0.15, -0.1) is 0 Å². The number of benzene rings is 1. The van der Waals surface area contributed by atoms with Crippen molar-refractivity contribution in [3.8, 4) is 0 Å². The predicted octanol–water partition coefficient (Wildman–Crippen LogP) is 2.87. The lowest BCUT2D eigenvalue weighted by molar-refractivity contribution is 0.319. The van der Waals surface area contributed by atoms with Crippen molar-refractivity contribution in [3.05, 3.63) is 71.6 Å². The van der Waals surface area contributed by atoms with Crippen LogP contribution in [0.25, 0.3) is 5.65 Å². The molecule has 0 saturated carbocycles. The molecule has 8 nitrogen and oxygen atoms in total. The molecule has 0 radical (unpaired) electrons. The van der Waals surface area contributed by atoms with E-state index in [-0.39, 0.29) is 17.4 Å². The average molecular weight is 351 g/mol. The van der Waals surface area contributed by atoms with Gasteiger partial charge in [0.15, 0.2) is 17.4 Å². The van der Waals surface area contributed by atoms with Gasteiger partial charge in [0, 0.05) is 23.5 Å². The molecule has 3 aromatic heterocycles. The van der Waals surface area contributed by atoms with Crippen LogP contribution >= 0.6 is 0 Å². The molecular formula is C17H14FN7O. The Morgan fingerprint density at radius 1 is 1.23 bits per heavy atom. The van der Waals surface area contributed by atoms with Gasteiger partial charge in [0.1, 0.15) is 11.5 Å². The summed E-state index contributed by atoms with van der Waals surface area (Å²) in [7, 11) is 0. The second-order valence-electron chi connectivity index (χ2n) is 5.62. The second-order valence-corrected chi connectivity index (χ2v) is 5.62. The molecule has 130 valence electrons. The molecule has 3 heterocycles. The normalized spacial score (nSPS) is 11.8. The van der Waals surface area contributed by atoms with Gasteiger partial charge in [0.2, 0.25) is 5.95 Å². The van der Waals surface area contributed by atoms with Crippen molar-refractivity contribution in [1.82, 2.24) is 24.6 Å². The van der Waals surface area contributed by atoms with E-state index in [1.165, 1.54) is 24.3 Å². The molecular weight excluding hydrogens is 337 g/mol. The number of hydrogen-bond acceptors (Lipinski definition) is 6. The second kappa shape index (κ2) is 6.28. The summed E-state index contributed by atoms with van der Waals surface area (Å²) in [4.78, 5) is 8.86. The maximum absolute atomic E-state index is 13.2. The van der Waals surface area contributed by atoms with Gasteiger partial charge in [-0.25, -0.2) is 9.37 Å². The minimum absolute atomic E-state index is 0.134. The summed E-state index contributed by atoms with van der Waals surface area (Å²) in [6, 6.07) is 11.0. The van der Waals surface area contributed by atoms with Crippen LogP contribution in [0.5, 0.6) is 0 Å². The quantitative estimate of drug-likeness (QED) is 0.298. The largest absolute Gasteiger partial charge is 0.410 e. The van der Waals surface area contributed by atoms with E-state index in [2.05, 4.69) is 30.6 Å². The zero-order valence-corrected chi connectivity index (χ0v) is 13.7. The molecule has 9 heteroatoms. The number of fused-ring (bicyclic) bond motifs is 1. The number of anilines is 2. The highest BCUT2D eigenvalue weighted by Gasteiger charge is 2.16. The summed E-state index contributed by atoms with van der Waals surface area (Å²) in [5.74, 6) is 0.849. The summed E-state index contributed by atoms with van der Waals surface area (Å²) in [5.41, 5.74) is 2.13. The van der Waals surface area contributed by atoms with Crippen molar-refractivity contribution in [2.75, 3.05) is 5.32 Å². The molecule has 0 saturated heterocycles. The first-order chi connectivity index (χ1) is 12.6. The molecule has 1 aromatic carbocycles. The van der Waals surface area contributed by atoms with Gasteiger partial charge in [-0.1, -0.05) is 5.16 Å². The van der Waals surface area contributed by atoms with Crippen molar-refractivity contribution < 1.29 is 9.60 Å². The Bertz CT molecular complexity index is 1100. The van der Waals surface area contributed by atoms with E-state index in [4.69, 9.17) is 0 Å². The number of nitrogens with one attached hydrogen (secondary N) is 2. The van der Waals surface area contributed by atoms with Crippen LogP contribution in [0.15, 0.2) is 53.8 Å². The van der Waals surface area contributed by atoms with E-state index < -0.39 is 0 Å². The van der Waals surface area contributed by atoms with Crippen LogP contribution in [-0.2, 0) is 0 Å². The van der Waals surface area contributed by atoms with E-state index >= 15 is 0 Å². The number of halogens is 1. The Labute approximate surface area is 147 Å². The molecule has 0 bridgehead atoms. The maximum Gasteiger partial charge on any atom is 0.216 e. The molecule has 0 aliphatic carbocycles. The Morgan fingerprint density at radius 2 is 2.04 bits per heavy atom. The third-order valence-electron chi connectivity index (χ3n) is 3.76. The molecule has 26 heavy (non-hydrogen) atoms. The number of aryl methyl sites for hydroxylation is 1. The van der Waals surface area contributed by atoms with Crippen molar-refractivity contribution in [2.24, 2.45) is 5.16 Å². The van der Waals surface area contributed by atoms with Crippen LogP contribution in [0.4, 0.5) is 16.2 Å². The van der Waals surface area contributed by atoms with Gasteiger partial charge in [0.05, 0.1) is 0 Å². The highest BCUT2D eigenvalue weighted by atomic mass is 19.1. The number of aromatic nitrogens is 5. The van der Waals surface area contributed by atoms with Gasteiger partial charge in [0.25, 0.3) is 0 Å². The lowest BCUT2D eigenvalue weighted by atomic mass is 10.1. The highest BCUT2D eigenvalue weighted by molar-refractivity contribution is 6.10. The molecule has 0 spiro atoms. The fourth-order valence-electron chi connectivity index (χ4n) is 2.56. The van der Waals surface area contributed by atoms with Crippen molar-refractivity contribution in [1.29, 1.82) is 0 Å². The third-order valence-corrected chi connectivity index (χ3v) is 3.76. The Kier molecular flexibility index (Phi) is 3.81. The summed E-state index contributed by atoms with van der Waals surface area (Å²) in [6.07, 6.45) is 1.80. The monoisotopic (exact) mass is 351 g/mol.